The summed E-state index contributed by atoms with van der Waals surface area (Å²) in [5.41, 5.74) is 4.29. The topological polar surface area (TPSA) is 85.6 Å². The molecular weight excluding hydrogens is 376 g/mol. The summed E-state index contributed by atoms with van der Waals surface area (Å²) in [6.07, 6.45) is 3.25. The van der Waals surface area contributed by atoms with E-state index in [1.165, 1.54) is 4.68 Å². The van der Waals surface area contributed by atoms with Gasteiger partial charge in [-0.1, -0.05) is 12.1 Å². The summed E-state index contributed by atoms with van der Waals surface area (Å²) in [6, 6.07) is 16.0. The van der Waals surface area contributed by atoms with Gasteiger partial charge in [0, 0.05) is 6.07 Å². The van der Waals surface area contributed by atoms with E-state index < -0.39 is 15.1 Å². The van der Waals surface area contributed by atoms with E-state index in [9.17, 15) is 8.42 Å². The molecule has 0 aliphatic rings. The number of ether oxygens (including phenoxy) is 1. The molecule has 28 heavy (non-hydrogen) atoms. The van der Waals surface area contributed by atoms with Gasteiger partial charge in [-0.15, -0.1) is 0 Å². The third-order valence-corrected chi connectivity index (χ3v) is 6.37. The van der Waals surface area contributed by atoms with Crippen LogP contribution < -0.4 is 10.2 Å². The number of anilines is 1. The quantitative estimate of drug-likeness (QED) is 0.486. The van der Waals surface area contributed by atoms with Crippen molar-refractivity contribution >= 4 is 21.9 Å². The zero-order valence-electron chi connectivity index (χ0n) is 15.9. The van der Waals surface area contributed by atoms with Crippen molar-refractivity contribution in [2.24, 2.45) is 5.10 Å². The van der Waals surface area contributed by atoms with Crippen LogP contribution in [0.25, 0.3) is 5.69 Å². The maximum Gasteiger partial charge on any atom is 0.182 e. The lowest BCUT2D eigenvalue weighted by atomic mass is 10.2. The zero-order valence-corrected chi connectivity index (χ0v) is 16.7. The summed E-state index contributed by atoms with van der Waals surface area (Å²) in [5.74, 6) is 1.32. The number of hydrogen-bond donors (Lipinski definition) is 1. The van der Waals surface area contributed by atoms with Crippen molar-refractivity contribution in [2.75, 3.05) is 12.5 Å². The normalized spacial score (nSPS) is 11.9. The standard InChI is InChI=1S/C20H22N4O3S/c1-15(2)28(25,26)19-7-5-4-6-18(19)24-20(12-13-22-24)23-21-14-16-8-10-17(27-3)11-9-16/h4-15,23H,1-3H3. The molecule has 8 heteroatoms. The minimum atomic E-state index is -3.46. The van der Waals surface area contributed by atoms with Crippen LogP contribution in [0.4, 0.5) is 5.82 Å². The molecule has 0 fully saturated rings. The summed E-state index contributed by atoms with van der Waals surface area (Å²) in [7, 11) is -1.85. The van der Waals surface area contributed by atoms with Crippen LogP contribution in [0.2, 0.25) is 0 Å². The van der Waals surface area contributed by atoms with E-state index >= 15 is 0 Å². The Labute approximate surface area is 164 Å². The molecule has 0 aliphatic heterocycles. The minimum Gasteiger partial charge on any atom is -0.497 e. The van der Waals surface area contributed by atoms with Gasteiger partial charge >= 0.3 is 0 Å². The third-order valence-electron chi connectivity index (χ3n) is 4.17. The van der Waals surface area contributed by atoms with Gasteiger partial charge in [-0.05, 0) is 55.8 Å². The van der Waals surface area contributed by atoms with Gasteiger partial charge in [0.1, 0.15) is 11.6 Å². The van der Waals surface area contributed by atoms with E-state index in [-0.39, 0.29) is 4.90 Å². The highest BCUT2D eigenvalue weighted by Crippen LogP contribution is 2.25. The van der Waals surface area contributed by atoms with Gasteiger partial charge in [-0.2, -0.15) is 10.2 Å². The number of sulfone groups is 1. The van der Waals surface area contributed by atoms with Crippen LogP contribution in [-0.2, 0) is 9.84 Å². The number of methoxy groups -OCH3 is 1. The van der Waals surface area contributed by atoms with Crippen LogP contribution >= 0.6 is 0 Å². The van der Waals surface area contributed by atoms with Gasteiger partial charge in [0.05, 0.1) is 35.4 Å². The molecule has 0 aliphatic carbocycles. The fourth-order valence-corrected chi connectivity index (χ4v) is 3.79. The second-order valence-corrected chi connectivity index (χ2v) is 8.81. The first-order valence-corrected chi connectivity index (χ1v) is 10.3. The van der Waals surface area contributed by atoms with Crippen molar-refractivity contribution in [2.45, 2.75) is 24.0 Å². The Balaban J connectivity index is 1.88. The van der Waals surface area contributed by atoms with Gasteiger partial charge in [-0.25, -0.2) is 13.1 Å². The van der Waals surface area contributed by atoms with E-state index in [1.807, 2.05) is 24.3 Å². The number of benzene rings is 2. The largest absolute Gasteiger partial charge is 0.497 e. The zero-order chi connectivity index (χ0) is 20.1. The van der Waals surface area contributed by atoms with Gasteiger partial charge < -0.3 is 4.74 Å². The molecule has 0 spiro atoms. The van der Waals surface area contributed by atoms with E-state index in [2.05, 4.69) is 15.6 Å². The molecule has 1 N–H and O–H groups in total. The molecule has 3 rings (SSSR count). The molecule has 0 atom stereocenters. The van der Waals surface area contributed by atoms with Crippen LogP contribution in [0.5, 0.6) is 5.75 Å². The average Bonchev–Trinajstić information content (AvgIpc) is 3.17. The van der Waals surface area contributed by atoms with E-state index in [4.69, 9.17) is 4.74 Å². The van der Waals surface area contributed by atoms with Gasteiger partial charge in [0.25, 0.3) is 0 Å². The van der Waals surface area contributed by atoms with Crippen molar-refractivity contribution in [1.29, 1.82) is 0 Å². The fourth-order valence-electron chi connectivity index (χ4n) is 2.57. The minimum absolute atomic E-state index is 0.232. The van der Waals surface area contributed by atoms with E-state index in [1.54, 1.807) is 63.7 Å². The van der Waals surface area contributed by atoms with E-state index in [0.717, 1.165) is 11.3 Å². The van der Waals surface area contributed by atoms with Gasteiger partial charge in [0.15, 0.2) is 9.84 Å². The summed E-state index contributed by atoms with van der Waals surface area (Å²) in [5, 5.41) is 7.96. The molecule has 3 aromatic rings. The lowest BCUT2D eigenvalue weighted by Gasteiger charge is -2.14. The summed E-state index contributed by atoms with van der Waals surface area (Å²) in [6.45, 7) is 3.32. The molecule has 0 unspecified atom stereocenters. The predicted molar refractivity (Wildman–Crippen MR) is 110 cm³/mol. The van der Waals surface area contributed by atoms with Crippen molar-refractivity contribution in [3.8, 4) is 11.4 Å². The second-order valence-electron chi connectivity index (χ2n) is 6.33. The SMILES string of the molecule is COc1ccc(C=NNc2ccnn2-c2ccccc2S(=O)(=O)C(C)C)cc1. The van der Waals surface area contributed by atoms with Crippen LogP contribution in [0.1, 0.15) is 19.4 Å². The third kappa shape index (κ3) is 4.07. The molecule has 0 saturated heterocycles. The molecule has 7 nitrogen and oxygen atoms in total. The maximum atomic E-state index is 12.7. The van der Waals surface area contributed by atoms with Crippen LogP contribution in [0, 0.1) is 0 Å². The Kier molecular flexibility index (Phi) is 5.79. The van der Waals surface area contributed by atoms with Crippen molar-refractivity contribution in [3.05, 3.63) is 66.4 Å². The highest BCUT2D eigenvalue weighted by molar-refractivity contribution is 7.92. The van der Waals surface area contributed by atoms with Crippen LogP contribution in [0.15, 0.2) is 70.8 Å². The number of nitrogens with one attached hydrogen (secondary N) is 1. The highest BCUT2D eigenvalue weighted by Gasteiger charge is 2.24. The van der Waals surface area contributed by atoms with Gasteiger partial charge in [-0.3, -0.25) is 5.43 Å². The highest BCUT2D eigenvalue weighted by atomic mass is 32.2. The number of rotatable bonds is 7. The van der Waals surface area contributed by atoms with Crippen molar-refractivity contribution in [1.82, 2.24) is 9.78 Å². The lowest BCUT2D eigenvalue weighted by molar-refractivity contribution is 0.415. The Morgan fingerprint density at radius 1 is 1.11 bits per heavy atom. The summed E-state index contributed by atoms with van der Waals surface area (Å²) >= 11 is 0. The van der Waals surface area contributed by atoms with Crippen molar-refractivity contribution in [3.63, 3.8) is 0 Å². The molecule has 0 bridgehead atoms. The molecule has 0 saturated carbocycles. The second kappa shape index (κ2) is 8.26. The number of aromatic nitrogens is 2. The molecule has 1 heterocycles. The Morgan fingerprint density at radius 3 is 2.50 bits per heavy atom. The molecule has 146 valence electrons. The van der Waals surface area contributed by atoms with Crippen LogP contribution in [0.3, 0.4) is 0 Å². The predicted octanol–water partition coefficient (Wildman–Crippen LogP) is 3.51. The van der Waals surface area contributed by atoms with Crippen molar-refractivity contribution < 1.29 is 13.2 Å². The monoisotopic (exact) mass is 398 g/mol. The maximum absolute atomic E-state index is 12.7. The van der Waals surface area contributed by atoms with E-state index in [0.29, 0.717) is 11.5 Å². The first kappa shape index (κ1) is 19.6. The molecule has 0 amide bonds. The van der Waals surface area contributed by atoms with Gasteiger partial charge in [0.2, 0.25) is 0 Å². The summed E-state index contributed by atoms with van der Waals surface area (Å²) in [4.78, 5) is 0.232. The molecule has 1 aromatic heterocycles. The smallest absolute Gasteiger partial charge is 0.182 e. The molecule has 2 aromatic carbocycles. The first-order chi connectivity index (χ1) is 13.4. The number of nitrogens with zero attached hydrogens (tertiary/aromatic N) is 3. The lowest BCUT2D eigenvalue weighted by Crippen LogP contribution is -2.17. The number of hydrazone groups is 1. The Bertz CT molecular complexity index is 1070. The average molecular weight is 398 g/mol. The first-order valence-electron chi connectivity index (χ1n) is 8.74. The number of hydrogen-bond acceptors (Lipinski definition) is 6. The Morgan fingerprint density at radius 2 is 1.82 bits per heavy atom. The van der Waals surface area contributed by atoms with Crippen LogP contribution in [-0.4, -0.2) is 36.8 Å². The number of para-hydroxylation sites is 1. The molecular formula is C20H22N4O3S. The summed E-state index contributed by atoms with van der Waals surface area (Å²) < 4.78 is 32.1. The molecule has 0 radical (unpaired) electrons. The fraction of sp³-hybridized carbons (Fsp3) is 0.200. The Hall–Kier alpha value is -3.13.